The van der Waals surface area contributed by atoms with Crippen molar-refractivity contribution in [2.45, 2.75) is 58.7 Å². The Hall–Kier alpha value is -4.95. The summed E-state index contributed by atoms with van der Waals surface area (Å²) in [5.74, 6) is -5.02. The lowest BCUT2D eigenvalue weighted by Crippen LogP contribution is -2.32. The van der Waals surface area contributed by atoms with Crippen molar-refractivity contribution in [2.75, 3.05) is 38.3 Å². The Morgan fingerprint density at radius 3 is 2.32 bits per heavy atom. The molecule has 0 aliphatic carbocycles. The van der Waals surface area contributed by atoms with E-state index in [-0.39, 0.29) is 66.3 Å². The third kappa shape index (κ3) is 7.55. The smallest absolute Gasteiger partial charge is 0.491 e. The average molecular weight is 661 g/mol. The molecule has 1 fully saturated rings. The fraction of sp³-hybridized carbons (Fsp3) is 0.438. The summed E-state index contributed by atoms with van der Waals surface area (Å²) in [6.45, 7) is 6.56. The van der Waals surface area contributed by atoms with Crippen LogP contribution in [0.15, 0.2) is 24.3 Å². The first-order valence-electron chi connectivity index (χ1n) is 14.8. The zero-order chi connectivity index (χ0) is 34.8. The van der Waals surface area contributed by atoms with Crippen molar-refractivity contribution < 1.29 is 51.4 Å². The first-order chi connectivity index (χ1) is 22.0. The number of nitrogens with zero attached hydrogens (tertiary/aromatic N) is 2. The normalized spacial score (nSPS) is 14.6. The number of alkyl halides is 3. The Kier molecular flexibility index (Phi) is 9.97. The standard InChI is InChI=1S/C32H35F3N4O8/c1-6-45-24-12-18-14-38(28(36)19(18)13-20(24)29(43)37-5)15-23(40)17-10-21(31(2,3)4)27(22(11-17)39-9-7-8-25(39)41)46-16-26(42)47-30(44)32(33,34)35/h10-13,36H,6-9,14-16H2,1-5H3,(H,37,43). The van der Waals surface area contributed by atoms with Gasteiger partial charge in [0, 0.05) is 43.2 Å². The Morgan fingerprint density at radius 1 is 1.04 bits per heavy atom. The lowest BCUT2D eigenvalue weighted by molar-refractivity contribution is -0.202. The van der Waals surface area contributed by atoms with Crippen LogP contribution in [0.4, 0.5) is 18.9 Å². The molecule has 47 heavy (non-hydrogen) atoms. The predicted molar refractivity (Wildman–Crippen MR) is 162 cm³/mol. The minimum Gasteiger partial charge on any atom is -0.493 e. The molecule has 2 heterocycles. The van der Waals surface area contributed by atoms with Gasteiger partial charge in [0.15, 0.2) is 12.4 Å². The summed E-state index contributed by atoms with van der Waals surface area (Å²) in [5, 5.41) is 11.3. The number of fused-ring (bicyclic) bond motifs is 1. The van der Waals surface area contributed by atoms with Crippen LogP contribution in [-0.2, 0) is 31.1 Å². The fourth-order valence-corrected chi connectivity index (χ4v) is 5.32. The van der Waals surface area contributed by atoms with Gasteiger partial charge in [-0.05, 0) is 48.6 Å². The first-order valence-corrected chi connectivity index (χ1v) is 14.8. The number of benzene rings is 2. The van der Waals surface area contributed by atoms with E-state index >= 15 is 0 Å². The molecule has 0 atom stereocenters. The number of carbonyl (C=O) groups excluding carboxylic acids is 5. The molecule has 1 saturated heterocycles. The van der Waals surface area contributed by atoms with Gasteiger partial charge in [0.25, 0.3) is 5.91 Å². The van der Waals surface area contributed by atoms with Crippen LogP contribution < -0.4 is 19.7 Å². The maximum Gasteiger partial charge on any atom is 0.491 e. The van der Waals surface area contributed by atoms with E-state index in [2.05, 4.69) is 10.1 Å². The maximum atomic E-state index is 13.8. The third-order valence-electron chi connectivity index (χ3n) is 7.58. The van der Waals surface area contributed by atoms with Crippen LogP contribution >= 0.6 is 0 Å². The molecule has 12 nitrogen and oxygen atoms in total. The van der Waals surface area contributed by atoms with Gasteiger partial charge in [-0.25, -0.2) is 9.59 Å². The van der Waals surface area contributed by atoms with Gasteiger partial charge in [-0.1, -0.05) is 20.8 Å². The van der Waals surface area contributed by atoms with E-state index in [4.69, 9.17) is 14.9 Å². The van der Waals surface area contributed by atoms with Crippen molar-refractivity contribution in [2.24, 2.45) is 0 Å². The number of hydrogen-bond acceptors (Lipinski definition) is 9. The quantitative estimate of drug-likeness (QED) is 0.219. The summed E-state index contributed by atoms with van der Waals surface area (Å²) in [6.07, 6.45) is -4.68. The second kappa shape index (κ2) is 13.4. The van der Waals surface area contributed by atoms with Crippen molar-refractivity contribution in [1.82, 2.24) is 10.2 Å². The number of amidine groups is 1. The highest BCUT2D eigenvalue weighted by molar-refractivity contribution is 6.08. The number of halogens is 3. The second-order valence-corrected chi connectivity index (χ2v) is 12.0. The third-order valence-corrected chi connectivity index (χ3v) is 7.58. The molecule has 0 saturated carbocycles. The number of nitrogens with one attached hydrogen (secondary N) is 2. The van der Waals surface area contributed by atoms with Crippen molar-refractivity contribution in [1.29, 1.82) is 5.41 Å². The molecule has 2 aliphatic heterocycles. The molecule has 0 spiro atoms. The average Bonchev–Trinajstić information content (AvgIpc) is 3.55. The Balaban J connectivity index is 1.67. The van der Waals surface area contributed by atoms with Gasteiger partial charge >= 0.3 is 18.1 Å². The lowest BCUT2D eigenvalue weighted by atomic mass is 9.84. The van der Waals surface area contributed by atoms with Gasteiger partial charge in [0.2, 0.25) is 5.91 Å². The van der Waals surface area contributed by atoms with Crippen LogP contribution in [0.1, 0.15) is 77.9 Å². The van der Waals surface area contributed by atoms with Crippen LogP contribution in [0.3, 0.4) is 0 Å². The number of anilines is 1. The molecule has 2 aromatic rings. The minimum atomic E-state index is -5.38. The molecular weight excluding hydrogens is 625 g/mol. The summed E-state index contributed by atoms with van der Waals surface area (Å²) in [6, 6.07) is 6.15. The Labute approximate surface area is 268 Å². The van der Waals surface area contributed by atoms with Crippen molar-refractivity contribution in [3.63, 3.8) is 0 Å². The number of ketones is 1. The highest BCUT2D eigenvalue weighted by Gasteiger charge is 2.42. The Bertz CT molecular complexity index is 1650. The summed E-state index contributed by atoms with van der Waals surface area (Å²) >= 11 is 0. The number of Topliss-reactive ketones (excluding diaryl/α,β-unsaturated/α-hetero) is 1. The predicted octanol–water partition coefficient (Wildman–Crippen LogP) is 3.90. The van der Waals surface area contributed by atoms with Gasteiger partial charge in [-0.3, -0.25) is 19.8 Å². The fourth-order valence-electron chi connectivity index (χ4n) is 5.32. The van der Waals surface area contributed by atoms with Gasteiger partial charge in [0.05, 0.1) is 24.4 Å². The van der Waals surface area contributed by atoms with Crippen molar-refractivity contribution in [3.8, 4) is 11.5 Å². The zero-order valence-electron chi connectivity index (χ0n) is 26.6. The maximum absolute atomic E-state index is 13.8. The highest BCUT2D eigenvalue weighted by atomic mass is 19.4. The lowest BCUT2D eigenvalue weighted by Gasteiger charge is -2.29. The van der Waals surface area contributed by atoms with E-state index in [1.165, 1.54) is 29.0 Å². The summed E-state index contributed by atoms with van der Waals surface area (Å²) in [4.78, 5) is 65.3. The van der Waals surface area contributed by atoms with E-state index in [1.807, 2.05) is 0 Å². The second-order valence-electron chi connectivity index (χ2n) is 12.0. The summed E-state index contributed by atoms with van der Waals surface area (Å²) in [5.41, 5.74) is 1.31. The minimum absolute atomic E-state index is 0.0211. The number of amides is 2. The number of ether oxygens (including phenoxy) is 3. The molecular formula is C32H35F3N4O8. The SMILES string of the molecule is CCOc1cc2c(cc1C(=O)NC)C(=N)N(CC(=O)c1cc(N3CCCC3=O)c(OCC(=O)OC(=O)C(F)(F)F)c(C(C)(C)C)c1)C2. The summed E-state index contributed by atoms with van der Waals surface area (Å²) in [7, 11) is 1.48. The molecule has 2 aromatic carbocycles. The number of carbonyl (C=O) groups is 5. The highest BCUT2D eigenvalue weighted by Crippen LogP contribution is 2.42. The van der Waals surface area contributed by atoms with Gasteiger partial charge < -0.3 is 29.3 Å². The molecule has 4 rings (SSSR count). The van der Waals surface area contributed by atoms with Crippen molar-refractivity contribution >= 4 is 41.1 Å². The molecule has 0 radical (unpaired) electrons. The van der Waals surface area contributed by atoms with Crippen LogP contribution in [0.5, 0.6) is 11.5 Å². The van der Waals surface area contributed by atoms with Crippen LogP contribution in [-0.4, -0.2) is 79.8 Å². The van der Waals surface area contributed by atoms with Crippen LogP contribution in [0, 0.1) is 5.41 Å². The number of esters is 2. The van der Waals surface area contributed by atoms with E-state index in [0.29, 0.717) is 35.5 Å². The van der Waals surface area contributed by atoms with E-state index < -0.39 is 35.9 Å². The van der Waals surface area contributed by atoms with Gasteiger partial charge in [0.1, 0.15) is 17.3 Å². The topological polar surface area (TPSA) is 155 Å². The van der Waals surface area contributed by atoms with Crippen molar-refractivity contribution in [3.05, 3.63) is 52.1 Å². The monoisotopic (exact) mass is 660 g/mol. The molecule has 252 valence electrons. The van der Waals surface area contributed by atoms with Crippen LogP contribution in [0.25, 0.3) is 0 Å². The largest absolute Gasteiger partial charge is 0.493 e. The van der Waals surface area contributed by atoms with Gasteiger partial charge in [-0.15, -0.1) is 0 Å². The number of hydrogen-bond donors (Lipinski definition) is 2. The molecule has 2 N–H and O–H groups in total. The molecule has 15 heteroatoms. The van der Waals surface area contributed by atoms with E-state index in [0.717, 1.165) is 0 Å². The molecule has 0 unspecified atom stereocenters. The zero-order valence-corrected chi connectivity index (χ0v) is 26.6. The van der Waals surface area contributed by atoms with Crippen LogP contribution in [0.2, 0.25) is 0 Å². The number of rotatable bonds is 10. The Morgan fingerprint density at radius 2 is 1.74 bits per heavy atom. The molecule has 0 aromatic heterocycles. The molecule has 2 aliphatic rings. The first kappa shape index (κ1) is 34.9. The summed E-state index contributed by atoms with van der Waals surface area (Å²) < 4.78 is 52.9. The van der Waals surface area contributed by atoms with Gasteiger partial charge in [-0.2, -0.15) is 13.2 Å². The molecule has 2 amide bonds. The molecule has 0 bridgehead atoms. The van der Waals surface area contributed by atoms with E-state index in [1.54, 1.807) is 39.8 Å². The van der Waals surface area contributed by atoms with E-state index in [9.17, 15) is 37.1 Å².